The highest BCUT2D eigenvalue weighted by atomic mass is 16.5. The summed E-state index contributed by atoms with van der Waals surface area (Å²) in [5.74, 6) is -0.788. The lowest BCUT2D eigenvalue weighted by Crippen LogP contribution is -2.38. The molecule has 0 unspecified atom stereocenters. The highest BCUT2D eigenvalue weighted by molar-refractivity contribution is 6.46. The molecule has 0 radical (unpaired) electrons. The number of pyridine rings is 1. The highest BCUT2D eigenvalue weighted by Gasteiger charge is 2.45. The van der Waals surface area contributed by atoms with E-state index < -0.39 is 17.7 Å². The predicted octanol–water partition coefficient (Wildman–Crippen LogP) is 2.23. The molecule has 0 bridgehead atoms. The fourth-order valence-electron chi connectivity index (χ4n) is 4.20. The molecular formula is C24H27N3O5. The minimum atomic E-state index is -0.675. The van der Waals surface area contributed by atoms with E-state index in [0.29, 0.717) is 31.1 Å². The Morgan fingerprint density at radius 2 is 1.78 bits per heavy atom. The number of ether oxygens (including phenoxy) is 2. The molecule has 0 spiro atoms. The molecule has 1 aromatic carbocycles. The van der Waals surface area contributed by atoms with Crippen molar-refractivity contribution in [3.05, 3.63) is 65.5 Å². The Balaban J connectivity index is 1.65. The van der Waals surface area contributed by atoms with E-state index in [1.54, 1.807) is 36.3 Å². The smallest absolute Gasteiger partial charge is 0.295 e. The first-order chi connectivity index (χ1) is 15.6. The highest BCUT2D eigenvalue weighted by Crippen LogP contribution is 2.39. The molecule has 0 saturated carbocycles. The van der Waals surface area contributed by atoms with Crippen LogP contribution >= 0.6 is 0 Å². The topological polar surface area (TPSA) is 92.2 Å². The van der Waals surface area contributed by atoms with Gasteiger partial charge in [0.15, 0.2) is 0 Å². The molecule has 8 heteroatoms. The SMILES string of the molecule is COc1ccc([C@@H]2/C(=C(\O)c3ccncc3)C(=O)C(=O)N2CCCN2CCOCC2)cc1. The van der Waals surface area contributed by atoms with E-state index in [1.807, 2.05) is 12.1 Å². The zero-order valence-electron chi connectivity index (χ0n) is 18.1. The van der Waals surface area contributed by atoms with Crippen LogP contribution in [-0.4, -0.2) is 78.1 Å². The molecule has 3 heterocycles. The van der Waals surface area contributed by atoms with E-state index in [0.717, 1.165) is 31.6 Å². The van der Waals surface area contributed by atoms with E-state index in [4.69, 9.17) is 9.47 Å². The van der Waals surface area contributed by atoms with Crippen molar-refractivity contribution in [3.8, 4) is 5.75 Å². The number of likely N-dealkylation sites (tertiary alicyclic amines) is 1. The maximum Gasteiger partial charge on any atom is 0.295 e. The number of Topliss-reactive ketones (excluding diaryl/α,β-unsaturated/α-hetero) is 1. The van der Waals surface area contributed by atoms with Gasteiger partial charge < -0.3 is 19.5 Å². The van der Waals surface area contributed by atoms with Crippen molar-refractivity contribution >= 4 is 17.4 Å². The second-order valence-corrected chi connectivity index (χ2v) is 7.81. The normalized spacial score (nSPS) is 21.2. The molecule has 2 aliphatic heterocycles. The van der Waals surface area contributed by atoms with Gasteiger partial charge in [-0.15, -0.1) is 0 Å². The number of aromatic nitrogens is 1. The molecule has 8 nitrogen and oxygen atoms in total. The summed E-state index contributed by atoms with van der Waals surface area (Å²) in [5.41, 5.74) is 1.29. The molecule has 2 fully saturated rings. The summed E-state index contributed by atoms with van der Waals surface area (Å²) in [5, 5.41) is 11.0. The first-order valence-corrected chi connectivity index (χ1v) is 10.7. The van der Waals surface area contributed by atoms with Crippen LogP contribution < -0.4 is 4.74 Å². The number of nitrogens with zero attached hydrogens (tertiary/aromatic N) is 3. The second kappa shape index (κ2) is 9.93. The fraction of sp³-hybridized carbons (Fsp3) is 0.375. The van der Waals surface area contributed by atoms with Crippen LogP contribution in [0.4, 0.5) is 0 Å². The van der Waals surface area contributed by atoms with Gasteiger partial charge in [0.2, 0.25) is 0 Å². The van der Waals surface area contributed by atoms with Crippen molar-refractivity contribution in [1.82, 2.24) is 14.8 Å². The first-order valence-electron chi connectivity index (χ1n) is 10.7. The molecular weight excluding hydrogens is 410 g/mol. The number of amides is 1. The summed E-state index contributed by atoms with van der Waals surface area (Å²) < 4.78 is 10.6. The molecule has 1 N–H and O–H groups in total. The van der Waals surface area contributed by atoms with Crippen LogP contribution in [0.5, 0.6) is 5.75 Å². The van der Waals surface area contributed by atoms with Crippen molar-refractivity contribution in [2.24, 2.45) is 0 Å². The molecule has 168 valence electrons. The second-order valence-electron chi connectivity index (χ2n) is 7.81. The number of hydrogen-bond donors (Lipinski definition) is 1. The van der Waals surface area contributed by atoms with Gasteiger partial charge in [-0.25, -0.2) is 0 Å². The van der Waals surface area contributed by atoms with Gasteiger partial charge in [0.05, 0.1) is 31.9 Å². The van der Waals surface area contributed by atoms with Gasteiger partial charge in [-0.05, 0) is 36.2 Å². The average Bonchev–Trinajstić information content (AvgIpc) is 3.10. The van der Waals surface area contributed by atoms with Crippen molar-refractivity contribution in [2.45, 2.75) is 12.5 Å². The lowest BCUT2D eigenvalue weighted by molar-refractivity contribution is -0.140. The van der Waals surface area contributed by atoms with Crippen LogP contribution in [0.3, 0.4) is 0 Å². The maximum atomic E-state index is 13.0. The minimum Gasteiger partial charge on any atom is -0.507 e. The van der Waals surface area contributed by atoms with Crippen LogP contribution in [0.15, 0.2) is 54.4 Å². The van der Waals surface area contributed by atoms with Gasteiger partial charge >= 0.3 is 0 Å². The molecule has 1 atom stereocenters. The standard InChI is InChI=1S/C24H27N3O5/c1-31-19-5-3-17(4-6-19)21-20(22(28)18-7-9-25-10-8-18)23(29)24(30)27(21)12-2-11-26-13-15-32-16-14-26/h3-10,21,28H,2,11-16H2,1H3/b22-20+/t21-/m1/s1. The van der Waals surface area contributed by atoms with E-state index in [2.05, 4.69) is 9.88 Å². The molecule has 1 aromatic heterocycles. The summed E-state index contributed by atoms with van der Waals surface area (Å²) >= 11 is 0. The van der Waals surface area contributed by atoms with Crippen LogP contribution in [0, 0.1) is 0 Å². The largest absolute Gasteiger partial charge is 0.507 e. The Labute approximate surface area is 187 Å². The monoisotopic (exact) mass is 437 g/mol. The maximum absolute atomic E-state index is 13.0. The molecule has 2 aliphatic rings. The fourth-order valence-corrected chi connectivity index (χ4v) is 4.20. The van der Waals surface area contributed by atoms with Crippen molar-refractivity contribution in [1.29, 1.82) is 0 Å². The zero-order valence-corrected chi connectivity index (χ0v) is 18.1. The van der Waals surface area contributed by atoms with Gasteiger partial charge in [0.1, 0.15) is 11.5 Å². The third kappa shape index (κ3) is 4.51. The molecule has 4 rings (SSSR count). The number of rotatable bonds is 7. The molecule has 1 amide bonds. The van der Waals surface area contributed by atoms with E-state index >= 15 is 0 Å². The first kappa shape index (κ1) is 22.0. The number of aliphatic hydroxyl groups is 1. The molecule has 0 aliphatic carbocycles. The number of ketones is 1. The average molecular weight is 437 g/mol. The van der Waals surface area contributed by atoms with Gasteiger partial charge in [-0.1, -0.05) is 12.1 Å². The van der Waals surface area contributed by atoms with Crippen LogP contribution in [-0.2, 0) is 14.3 Å². The Morgan fingerprint density at radius 3 is 2.44 bits per heavy atom. The summed E-state index contributed by atoms with van der Waals surface area (Å²) in [6.07, 6.45) is 3.79. The number of carbonyl (C=O) groups excluding carboxylic acids is 2. The van der Waals surface area contributed by atoms with Gasteiger partial charge in [0.25, 0.3) is 11.7 Å². The Bertz CT molecular complexity index is 984. The number of morpholine rings is 1. The van der Waals surface area contributed by atoms with Gasteiger partial charge in [-0.3, -0.25) is 19.5 Å². The lowest BCUT2D eigenvalue weighted by atomic mass is 9.95. The van der Waals surface area contributed by atoms with Gasteiger partial charge in [0, 0.05) is 44.1 Å². The van der Waals surface area contributed by atoms with Crippen molar-refractivity contribution < 1.29 is 24.2 Å². The summed E-state index contributed by atoms with van der Waals surface area (Å²) in [7, 11) is 1.58. The van der Waals surface area contributed by atoms with Crippen LogP contribution in [0.2, 0.25) is 0 Å². The summed E-state index contributed by atoms with van der Waals surface area (Å²) in [4.78, 5) is 33.8. The van der Waals surface area contributed by atoms with Crippen LogP contribution in [0.1, 0.15) is 23.6 Å². The predicted molar refractivity (Wildman–Crippen MR) is 118 cm³/mol. The summed E-state index contributed by atoms with van der Waals surface area (Å²) in [6.45, 7) is 4.37. The number of hydrogen-bond acceptors (Lipinski definition) is 7. The quantitative estimate of drug-likeness (QED) is 0.403. The van der Waals surface area contributed by atoms with E-state index in [1.165, 1.54) is 12.4 Å². The Kier molecular flexibility index (Phi) is 6.82. The Morgan fingerprint density at radius 1 is 1.09 bits per heavy atom. The number of benzene rings is 1. The third-order valence-electron chi connectivity index (χ3n) is 5.90. The molecule has 2 saturated heterocycles. The third-order valence-corrected chi connectivity index (χ3v) is 5.90. The summed E-state index contributed by atoms with van der Waals surface area (Å²) in [6, 6.07) is 9.79. The van der Waals surface area contributed by atoms with Crippen molar-refractivity contribution in [2.75, 3.05) is 46.5 Å². The number of carbonyl (C=O) groups is 2. The van der Waals surface area contributed by atoms with Gasteiger partial charge in [-0.2, -0.15) is 0 Å². The minimum absolute atomic E-state index is 0.0951. The van der Waals surface area contributed by atoms with E-state index in [-0.39, 0.29) is 11.3 Å². The molecule has 32 heavy (non-hydrogen) atoms. The van der Waals surface area contributed by atoms with Crippen LogP contribution in [0.25, 0.3) is 5.76 Å². The van der Waals surface area contributed by atoms with Crippen molar-refractivity contribution in [3.63, 3.8) is 0 Å². The lowest BCUT2D eigenvalue weighted by Gasteiger charge is -2.29. The number of methoxy groups -OCH3 is 1. The van der Waals surface area contributed by atoms with E-state index in [9.17, 15) is 14.7 Å². The zero-order chi connectivity index (χ0) is 22.5. The Hall–Kier alpha value is -3.23. The number of aliphatic hydroxyl groups excluding tert-OH is 1. The molecule has 2 aromatic rings.